The van der Waals surface area contributed by atoms with E-state index >= 15 is 0 Å². The Bertz CT molecular complexity index is 336. The summed E-state index contributed by atoms with van der Waals surface area (Å²) in [7, 11) is 3.20. The lowest BCUT2D eigenvalue weighted by Gasteiger charge is -2.11. The van der Waals surface area contributed by atoms with Crippen LogP contribution in [-0.4, -0.2) is 27.8 Å². The molecule has 0 saturated carbocycles. The third-order valence-electron chi connectivity index (χ3n) is 2.13. The smallest absolute Gasteiger partial charge is 0.146 e. The maximum Gasteiger partial charge on any atom is 0.146 e. The van der Waals surface area contributed by atoms with Crippen LogP contribution >= 0.6 is 31.9 Å². The van der Waals surface area contributed by atoms with E-state index in [9.17, 15) is 0 Å². The van der Waals surface area contributed by atoms with Crippen molar-refractivity contribution in [2.45, 2.75) is 13.2 Å². The van der Waals surface area contributed by atoms with Crippen molar-refractivity contribution in [3.05, 3.63) is 32.2 Å². The maximum atomic E-state index is 5.32. The fourth-order valence-electron chi connectivity index (χ4n) is 1.32. The van der Waals surface area contributed by atoms with Gasteiger partial charge in [0.05, 0.1) is 13.2 Å². The summed E-state index contributed by atoms with van der Waals surface area (Å²) < 4.78 is 22.3. The third kappa shape index (κ3) is 5.34. The van der Waals surface area contributed by atoms with Crippen molar-refractivity contribution in [2.75, 3.05) is 27.8 Å². The van der Waals surface area contributed by atoms with Crippen LogP contribution in [0.4, 0.5) is 0 Å². The average molecular weight is 384 g/mol. The molecule has 0 bridgehead atoms. The summed E-state index contributed by atoms with van der Waals surface area (Å²) in [5.41, 5.74) is 2.10. The largest absolute Gasteiger partial charge is 0.359 e. The Morgan fingerprint density at radius 2 is 1.22 bits per heavy atom. The van der Waals surface area contributed by atoms with Crippen LogP contribution in [0.3, 0.4) is 0 Å². The highest BCUT2D eigenvalue weighted by atomic mass is 79.9. The molecule has 0 heterocycles. The summed E-state index contributed by atoms with van der Waals surface area (Å²) in [4.78, 5) is 0. The fraction of sp³-hybridized carbons (Fsp3) is 0.500. The Balaban J connectivity index is 2.64. The average Bonchev–Trinajstić information content (AvgIpc) is 2.35. The minimum absolute atomic E-state index is 0.281. The van der Waals surface area contributed by atoms with E-state index in [2.05, 4.69) is 31.9 Å². The number of ether oxygens (including phenoxy) is 4. The lowest BCUT2D eigenvalue weighted by Crippen LogP contribution is -2.01. The first kappa shape index (κ1) is 16.1. The van der Waals surface area contributed by atoms with Crippen molar-refractivity contribution >= 4 is 31.9 Å². The van der Waals surface area contributed by atoms with Crippen molar-refractivity contribution in [1.29, 1.82) is 0 Å². The zero-order valence-corrected chi connectivity index (χ0v) is 13.5. The van der Waals surface area contributed by atoms with Crippen LogP contribution in [0, 0.1) is 0 Å². The molecular formula is C12H16Br2O4. The molecule has 0 aliphatic rings. The summed E-state index contributed by atoms with van der Waals surface area (Å²) in [6.07, 6.45) is 0. The molecule has 18 heavy (non-hydrogen) atoms. The molecule has 0 aliphatic heterocycles. The highest BCUT2D eigenvalue weighted by Crippen LogP contribution is 2.27. The molecule has 0 radical (unpaired) electrons. The summed E-state index contributed by atoms with van der Waals surface area (Å²) >= 11 is 7.03. The minimum Gasteiger partial charge on any atom is -0.359 e. The van der Waals surface area contributed by atoms with E-state index < -0.39 is 0 Å². The van der Waals surface area contributed by atoms with Crippen LogP contribution in [0.2, 0.25) is 0 Å². The number of rotatable bonds is 8. The Morgan fingerprint density at radius 1 is 0.833 bits per heavy atom. The molecular weight excluding hydrogens is 368 g/mol. The predicted molar refractivity (Wildman–Crippen MR) is 75.2 cm³/mol. The first-order valence-corrected chi connectivity index (χ1v) is 6.87. The normalized spacial score (nSPS) is 10.9. The first-order valence-electron chi connectivity index (χ1n) is 5.29. The Morgan fingerprint density at radius 3 is 1.56 bits per heavy atom. The summed E-state index contributed by atoms with van der Waals surface area (Å²) in [5, 5.41) is 0. The van der Waals surface area contributed by atoms with Gasteiger partial charge in [0.15, 0.2) is 0 Å². The number of benzene rings is 1. The maximum absolute atomic E-state index is 5.32. The zero-order valence-electron chi connectivity index (χ0n) is 10.4. The van der Waals surface area contributed by atoms with Gasteiger partial charge in [0.1, 0.15) is 13.6 Å². The topological polar surface area (TPSA) is 36.9 Å². The zero-order chi connectivity index (χ0) is 13.4. The summed E-state index contributed by atoms with van der Waals surface area (Å²) in [6, 6.07) is 4.01. The van der Waals surface area contributed by atoms with Crippen molar-refractivity contribution in [3.63, 3.8) is 0 Å². The molecule has 0 aromatic heterocycles. The van der Waals surface area contributed by atoms with Crippen LogP contribution in [0.15, 0.2) is 21.1 Å². The molecule has 1 aromatic rings. The van der Waals surface area contributed by atoms with E-state index in [1.807, 2.05) is 12.1 Å². The van der Waals surface area contributed by atoms with Gasteiger partial charge in [0.25, 0.3) is 0 Å². The second-order valence-electron chi connectivity index (χ2n) is 3.55. The number of hydrogen-bond acceptors (Lipinski definition) is 4. The fourth-order valence-corrected chi connectivity index (χ4v) is 2.33. The lowest BCUT2D eigenvalue weighted by atomic mass is 10.1. The highest BCUT2D eigenvalue weighted by Gasteiger charge is 2.07. The molecule has 0 atom stereocenters. The molecule has 1 rings (SSSR count). The van der Waals surface area contributed by atoms with E-state index in [1.54, 1.807) is 14.2 Å². The van der Waals surface area contributed by atoms with Crippen LogP contribution in [0.5, 0.6) is 0 Å². The molecule has 0 spiro atoms. The molecule has 0 amide bonds. The Kier molecular flexibility index (Phi) is 8.05. The number of hydrogen-bond donors (Lipinski definition) is 0. The van der Waals surface area contributed by atoms with Gasteiger partial charge in [-0.25, -0.2) is 0 Å². The standard InChI is InChI=1S/C12H16Br2O4/c1-15-7-17-5-9-3-12(14)10(4-11(9)13)6-18-8-16-2/h3-4H,5-8H2,1-2H3. The summed E-state index contributed by atoms with van der Waals surface area (Å²) in [5.74, 6) is 0. The predicted octanol–water partition coefficient (Wildman–Crippen LogP) is 3.45. The van der Waals surface area contributed by atoms with Gasteiger partial charge >= 0.3 is 0 Å². The highest BCUT2D eigenvalue weighted by molar-refractivity contribution is 9.11. The van der Waals surface area contributed by atoms with Gasteiger partial charge in [-0.05, 0) is 23.3 Å². The molecule has 1 aromatic carbocycles. The van der Waals surface area contributed by atoms with Gasteiger partial charge in [-0.3, -0.25) is 0 Å². The second kappa shape index (κ2) is 9.01. The lowest BCUT2D eigenvalue weighted by molar-refractivity contribution is -0.0402. The quantitative estimate of drug-likeness (QED) is 0.509. The van der Waals surface area contributed by atoms with Gasteiger partial charge in [-0.15, -0.1) is 0 Å². The van der Waals surface area contributed by atoms with Crippen LogP contribution in [0.1, 0.15) is 11.1 Å². The van der Waals surface area contributed by atoms with Gasteiger partial charge in [-0.2, -0.15) is 0 Å². The van der Waals surface area contributed by atoms with Crippen molar-refractivity contribution < 1.29 is 18.9 Å². The minimum atomic E-state index is 0.281. The van der Waals surface area contributed by atoms with Crippen molar-refractivity contribution in [3.8, 4) is 0 Å². The second-order valence-corrected chi connectivity index (χ2v) is 5.25. The molecule has 102 valence electrons. The van der Waals surface area contributed by atoms with Gasteiger partial charge in [0.2, 0.25) is 0 Å². The SMILES string of the molecule is COCOCc1cc(Br)c(COCOC)cc1Br. The Labute approximate surface area is 124 Å². The number of methoxy groups -OCH3 is 2. The van der Waals surface area contributed by atoms with Gasteiger partial charge < -0.3 is 18.9 Å². The van der Waals surface area contributed by atoms with Crippen LogP contribution < -0.4 is 0 Å². The monoisotopic (exact) mass is 382 g/mol. The molecule has 0 fully saturated rings. The molecule has 0 unspecified atom stereocenters. The van der Waals surface area contributed by atoms with E-state index in [0.717, 1.165) is 20.1 Å². The van der Waals surface area contributed by atoms with E-state index in [0.29, 0.717) is 13.2 Å². The molecule has 4 nitrogen and oxygen atoms in total. The van der Waals surface area contributed by atoms with E-state index in [1.165, 1.54) is 0 Å². The van der Waals surface area contributed by atoms with E-state index in [4.69, 9.17) is 18.9 Å². The van der Waals surface area contributed by atoms with Crippen molar-refractivity contribution in [2.24, 2.45) is 0 Å². The number of halogens is 2. The summed E-state index contributed by atoms with van der Waals surface area (Å²) in [6.45, 7) is 1.55. The van der Waals surface area contributed by atoms with E-state index in [-0.39, 0.29) is 13.6 Å². The van der Waals surface area contributed by atoms with Crippen molar-refractivity contribution in [1.82, 2.24) is 0 Å². The molecule has 0 N–H and O–H groups in total. The Hall–Kier alpha value is 0.0200. The third-order valence-corrected chi connectivity index (χ3v) is 3.61. The molecule has 0 saturated heterocycles. The van der Waals surface area contributed by atoms with Crippen LogP contribution in [0.25, 0.3) is 0 Å². The van der Waals surface area contributed by atoms with Gasteiger partial charge in [0, 0.05) is 23.2 Å². The van der Waals surface area contributed by atoms with Gasteiger partial charge in [-0.1, -0.05) is 31.9 Å². The molecule has 0 aliphatic carbocycles. The first-order chi connectivity index (χ1) is 8.69. The molecule has 6 heteroatoms. The van der Waals surface area contributed by atoms with Crippen LogP contribution in [-0.2, 0) is 32.2 Å².